The molecular formula is C13H15NO4. The van der Waals surface area contributed by atoms with E-state index in [1.807, 2.05) is 24.3 Å². The summed E-state index contributed by atoms with van der Waals surface area (Å²) in [6.07, 6.45) is 0.895. The monoisotopic (exact) mass is 249 g/mol. The van der Waals surface area contributed by atoms with E-state index in [0.717, 1.165) is 6.42 Å². The molecule has 5 heteroatoms. The van der Waals surface area contributed by atoms with Gasteiger partial charge in [0.15, 0.2) is 0 Å². The van der Waals surface area contributed by atoms with Gasteiger partial charge >= 0.3 is 11.9 Å². The van der Waals surface area contributed by atoms with Crippen LogP contribution in [-0.2, 0) is 16.0 Å². The average Bonchev–Trinajstić information content (AvgIpc) is 2.24. The summed E-state index contributed by atoms with van der Waals surface area (Å²) >= 11 is 0. The van der Waals surface area contributed by atoms with Gasteiger partial charge in [0.1, 0.15) is 0 Å². The van der Waals surface area contributed by atoms with Crippen molar-refractivity contribution < 1.29 is 19.8 Å². The Labute approximate surface area is 105 Å². The zero-order valence-corrected chi connectivity index (χ0v) is 9.87. The quantitative estimate of drug-likeness (QED) is 0.779. The first-order valence-corrected chi connectivity index (χ1v) is 5.80. The highest BCUT2D eigenvalue weighted by molar-refractivity contribution is 5.72. The van der Waals surface area contributed by atoms with Crippen molar-refractivity contribution in [3.63, 3.8) is 0 Å². The van der Waals surface area contributed by atoms with Crippen LogP contribution in [0, 0.1) is 0 Å². The minimum atomic E-state index is -0.996. The Hall–Kier alpha value is -1.88. The first-order valence-electron chi connectivity index (χ1n) is 5.80. The molecule has 1 aliphatic carbocycles. The number of carbonyl (C=O) groups is 2. The van der Waals surface area contributed by atoms with E-state index in [1.165, 1.54) is 16.0 Å². The number of rotatable bonds is 6. The molecule has 0 heterocycles. The normalized spacial score (nSPS) is 17.1. The van der Waals surface area contributed by atoms with Gasteiger partial charge in [-0.25, -0.2) is 0 Å². The summed E-state index contributed by atoms with van der Waals surface area (Å²) in [6, 6.07) is 7.98. The Morgan fingerprint density at radius 1 is 1.17 bits per heavy atom. The maximum absolute atomic E-state index is 10.7. The van der Waals surface area contributed by atoms with Gasteiger partial charge in [-0.3, -0.25) is 14.5 Å². The van der Waals surface area contributed by atoms with Gasteiger partial charge in [-0.15, -0.1) is 0 Å². The Morgan fingerprint density at radius 3 is 2.33 bits per heavy atom. The molecule has 0 bridgehead atoms. The Kier molecular flexibility index (Phi) is 3.62. The molecule has 2 rings (SSSR count). The molecule has 1 aliphatic rings. The topological polar surface area (TPSA) is 77.8 Å². The second kappa shape index (κ2) is 5.18. The van der Waals surface area contributed by atoms with Crippen LogP contribution in [0.4, 0.5) is 0 Å². The number of aliphatic carboxylic acids is 2. The highest BCUT2D eigenvalue weighted by Crippen LogP contribution is 2.35. The largest absolute Gasteiger partial charge is 0.480 e. The van der Waals surface area contributed by atoms with Gasteiger partial charge in [-0.2, -0.15) is 0 Å². The maximum Gasteiger partial charge on any atom is 0.317 e. The second-order valence-corrected chi connectivity index (χ2v) is 4.56. The number of hydrogen-bond acceptors (Lipinski definition) is 3. The van der Waals surface area contributed by atoms with Crippen molar-refractivity contribution >= 4 is 11.9 Å². The number of fused-ring (bicyclic) bond motifs is 1. The van der Waals surface area contributed by atoms with Crippen molar-refractivity contribution in [1.82, 2.24) is 4.90 Å². The zero-order chi connectivity index (χ0) is 13.1. The molecule has 0 aromatic heterocycles. The smallest absolute Gasteiger partial charge is 0.317 e. The molecule has 0 saturated carbocycles. The minimum Gasteiger partial charge on any atom is -0.480 e. The third kappa shape index (κ3) is 2.87. The lowest BCUT2D eigenvalue weighted by atomic mass is 9.77. The van der Waals surface area contributed by atoms with E-state index in [4.69, 9.17) is 10.2 Å². The molecule has 0 fully saturated rings. The van der Waals surface area contributed by atoms with Crippen LogP contribution >= 0.6 is 0 Å². The van der Waals surface area contributed by atoms with E-state index in [9.17, 15) is 9.59 Å². The van der Waals surface area contributed by atoms with Gasteiger partial charge in [0.05, 0.1) is 13.1 Å². The number of nitrogens with zero attached hydrogens (tertiary/aromatic N) is 1. The van der Waals surface area contributed by atoms with Crippen molar-refractivity contribution in [2.24, 2.45) is 0 Å². The summed E-state index contributed by atoms with van der Waals surface area (Å²) in [4.78, 5) is 22.8. The van der Waals surface area contributed by atoms with Crippen LogP contribution in [-0.4, -0.2) is 46.7 Å². The van der Waals surface area contributed by atoms with Crippen molar-refractivity contribution in [2.45, 2.75) is 12.3 Å². The predicted octanol–water partition coefficient (Wildman–Crippen LogP) is 0.797. The van der Waals surface area contributed by atoms with Gasteiger partial charge in [0.2, 0.25) is 0 Å². The molecule has 0 radical (unpaired) electrons. The van der Waals surface area contributed by atoms with Gasteiger partial charge in [0, 0.05) is 12.5 Å². The molecular weight excluding hydrogens is 234 g/mol. The first-order chi connectivity index (χ1) is 8.56. The van der Waals surface area contributed by atoms with Crippen molar-refractivity contribution in [3.8, 4) is 0 Å². The van der Waals surface area contributed by atoms with Crippen molar-refractivity contribution in [2.75, 3.05) is 19.6 Å². The van der Waals surface area contributed by atoms with Crippen LogP contribution in [0.3, 0.4) is 0 Å². The number of benzene rings is 1. The minimum absolute atomic E-state index is 0.231. The lowest BCUT2D eigenvalue weighted by Crippen LogP contribution is -2.39. The molecule has 0 aliphatic heterocycles. The van der Waals surface area contributed by atoms with Crippen molar-refractivity contribution in [1.29, 1.82) is 0 Å². The van der Waals surface area contributed by atoms with Crippen molar-refractivity contribution in [3.05, 3.63) is 35.4 Å². The maximum atomic E-state index is 10.7. The third-order valence-electron chi connectivity index (χ3n) is 3.16. The zero-order valence-electron chi connectivity index (χ0n) is 9.87. The van der Waals surface area contributed by atoms with Crippen LogP contribution in [0.1, 0.15) is 17.0 Å². The first kappa shape index (κ1) is 12.6. The highest BCUT2D eigenvalue weighted by Gasteiger charge is 2.28. The standard InChI is InChI=1S/C13H15NO4/c15-12(16)7-14(8-13(17)18)6-10-5-9-3-1-2-4-11(9)10/h1-4,10H,5-8H2,(H,15,16)(H,17,18). The van der Waals surface area contributed by atoms with E-state index >= 15 is 0 Å². The van der Waals surface area contributed by atoms with Gasteiger partial charge < -0.3 is 10.2 Å². The summed E-state index contributed by atoms with van der Waals surface area (Å²) in [5.41, 5.74) is 2.48. The molecule has 2 N–H and O–H groups in total. The van der Waals surface area contributed by atoms with E-state index in [2.05, 4.69) is 0 Å². The second-order valence-electron chi connectivity index (χ2n) is 4.56. The molecule has 1 aromatic rings. The molecule has 96 valence electrons. The predicted molar refractivity (Wildman–Crippen MR) is 64.6 cm³/mol. The fourth-order valence-electron chi connectivity index (χ4n) is 2.40. The Balaban J connectivity index is 1.98. The fourth-order valence-corrected chi connectivity index (χ4v) is 2.40. The molecule has 0 amide bonds. The lowest BCUT2D eigenvalue weighted by molar-refractivity contribution is -0.141. The number of hydrogen-bond donors (Lipinski definition) is 2. The summed E-state index contributed by atoms with van der Waals surface area (Å²) in [7, 11) is 0. The number of carboxylic acids is 2. The van der Waals surface area contributed by atoms with Crippen LogP contribution in [0.15, 0.2) is 24.3 Å². The Morgan fingerprint density at radius 2 is 1.78 bits per heavy atom. The summed E-state index contributed by atoms with van der Waals surface area (Å²) in [5.74, 6) is -1.74. The molecule has 1 atom stereocenters. The van der Waals surface area contributed by atoms with E-state index < -0.39 is 11.9 Å². The van der Waals surface area contributed by atoms with Gasteiger partial charge in [-0.1, -0.05) is 24.3 Å². The van der Waals surface area contributed by atoms with Gasteiger partial charge in [0.25, 0.3) is 0 Å². The number of carboxylic acid groups (broad SMARTS) is 2. The summed E-state index contributed by atoms with van der Waals surface area (Å²) < 4.78 is 0. The molecule has 18 heavy (non-hydrogen) atoms. The van der Waals surface area contributed by atoms with E-state index in [-0.39, 0.29) is 19.0 Å². The lowest BCUT2D eigenvalue weighted by Gasteiger charge is -2.33. The highest BCUT2D eigenvalue weighted by atomic mass is 16.4. The van der Waals surface area contributed by atoms with Crippen LogP contribution in [0.5, 0.6) is 0 Å². The SMILES string of the molecule is O=C(O)CN(CC(=O)O)CC1Cc2ccccc21. The molecule has 1 unspecified atom stereocenters. The van der Waals surface area contributed by atoms with E-state index in [1.54, 1.807) is 0 Å². The Bertz CT molecular complexity index is 456. The molecule has 0 spiro atoms. The van der Waals surface area contributed by atoms with Crippen LogP contribution in [0.25, 0.3) is 0 Å². The average molecular weight is 249 g/mol. The van der Waals surface area contributed by atoms with Crippen LogP contribution in [0.2, 0.25) is 0 Å². The summed E-state index contributed by atoms with van der Waals surface area (Å²) in [5, 5.41) is 17.5. The summed E-state index contributed by atoms with van der Waals surface area (Å²) in [6.45, 7) is 0.0194. The molecule has 5 nitrogen and oxygen atoms in total. The molecule has 1 aromatic carbocycles. The van der Waals surface area contributed by atoms with E-state index in [0.29, 0.717) is 6.54 Å². The molecule has 0 saturated heterocycles. The van der Waals surface area contributed by atoms with Gasteiger partial charge in [-0.05, 0) is 17.5 Å². The van der Waals surface area contributed by atoms with Crippen LogP contribution < -0.4 is 0 Å². The fraction of sp³-hybridized carbons (Fsp3) is 0.385. The third-order valence-corrected chi connectivity index (χ3v) is 3.16.